The Kier molecular flexibility index (Phi) is 8.07. The van der Waals surface area contributed by atoms with Gasteiger partial charge in [0, 0.05) is 36.6 Å². The predicted octanol–water partition coefficient (Wildman–Crippen LogP) is 6.15. The number of piperidine rings is 1. The number of nitrogens with zero attached hydrogens (tertiary/aromatic N) is 3. The van der Waals surface area contributed by atoms with Crippen molar-refractivity contribution in [3.8, 4) is 11.3 Å². The highest BCUT2D eigenvalue weighted by atomic mass is 32.2. The van der Waals surface area contributed by atoms with Gasteiger partial charge in [-0.15, -0.1) is 0 Å². The van der Waals surface area contributed by atoms with Crippen LogP contribution in [-0.2, 0) is 16.2 Å². The summed E-state index contributed by atoms with van der Waals surface area (Å²) in [5, 5.41) is 3.00. The topological polar surface area (TPSA) is 101 Å². The Labute approximate surface area is 235 Å². The molecular formula is C29H27F4N5O2S. The molecule has 1 atom stereocenters. The molecule has 5 rings (SSSR count). The molecule has 0 aliphatic carbocycles. The fraction of sp³-hybridized carbons (Fsp3) is 0.241. The summed E-state index contributed by atoms with van der Waals surface area (Å²) < 4.78 is 79.8. The Morgan fingerprint density at radius 3 is 2.15 bits per heavy atom. The summed E-state index contributed by atoms with van der Waals surface area (Å²) in [6.07, 6.45) is -1.77. The third-order valence-corrected chi connectivity index (χ3v) is 9.09. The van der Waals surface area contributed by atoms with Gasteiger partial charge in [-0.1, -0.05) is 24.3 Å². The molecule has 0 saturated carbocycles. The zero-order valence-electron chi connectivity index (χ0n) is 21.7. The molecule has 0 radical (unpaired) electrons. The summed E-state index contributed by atoms with van der Waals surface area (Å²) in [5.41, 5.74) is 7.92. The fourth-order valence-corrected chi connectivity index (χ4v) is 6.30. The lowest BCUT2D eigenvalue weighted by Crippen LogP contribution is -2.40. The number of rotatable bonds is 7. The van der Waals surface area contributed by atoms with Gasteiger partial charge in [0.15, 0.2) is 0 Å². The molecule has 12 heteroatoms. The Morgan fingerprint density at radius 1 is 0.902 bits per heavy atom. The van der Waals surface area contributed by atoms with Gasteiger partial charge in [-0.05, 0) is 78.9 Å². The van der Waals surface area contributed by atoms with Gasteiger partial charge >= 0.3 is 6.18 Å². The van der Waals surface area contributed by atoms with Crippen LogP contribution >= 0.6 is 0 Å². The fourth-order valence-electron chi connectivity index (χ4n) is 4.83. The van der Waals surface area contributed by atoms with Gasteiger partial charge in [0.05, 0.1) is 16.2 Å². The van der Waals surface area contributed by atoms with Crippen molar-refractivity contribution >= 4 is 21.7 Å². The number of alkyl halides is 3. The van der Waals surface area contributed by atoms with Crippen molar-refractivity contribution in [2.75, 3.05) is 18.4 Å². The lowest BCUT2D eigenvalue weighted by atomic mass is 9.86. The van der Waals surface area contributed by atoms with Gasteiger partial charge < -0.3 is 11.1 Å². The van der Waals surface area contributed by atoms with E-state index in [0.29, 0.717) is 42.9 Å². The predicted molar refractivity (Wildman–Crippen MR) is 147 cm³/mol. The Bertz CT molecular complexity index is 1590. The second-order valence-corrected chi connectivity index (χ2v) is 11.7. The number of nitrogens with one attached hydrogen (secondary N) is 1. The molecule has 1 aliphatic rings. The second-order valence-electron chi connectivity index (χ2n) is 9.81. The van der Waals surface area contributed by atoms with Crippen LogP contribution in [0, 0.1) is 11.7 Å². The van der Waals surface area contributed by atoms with Crippen molar-refractivity contribution in [3.05, 3.63) is 102 Å². The standard InChI is InChI=1S/C29H27F4N5O2S/c30-23-7-3-20(4-8-23)27(34)21-14-17-38(18-15-21)41(39,40)25-11-9-24(10-12-25)36-28-35-16-13-26(37-28)19-1-5-22(6-2-19)29(31,32)33/h1-13,16,21,27H,14-15,17-18,34H2,(H,35,36,37)/t27-/m1/s1. The second kappa shape index (κ2) is 11.6. The molecule has 3 aromatic carbocycles. The van der Waals surface area contributed by atoms with Crippen LogP contribution in [0.4, 0.5) is 29.2 Å². The van der Waals surface area contributed by atoms with E-state index in [1.165, 1.54) is 46.9 Å². The van der Waals surface area contributed by atoms with E-state index in [4.69, 9.17) is 5.73 Å². The largest absolute Gasteiger partial charge is 0.416 e. The lowest BCUT2D eigenvalue weighted by molar-refractivity contribution is -0.137. The van der Waals surface area contributed by atoms with E-state index >= 15 is 0 Å². The average molecular weight is 586 g/mol. The summed E-state index contributed by atoms with van der Waals surface area (Å²) in [7, 11) is -3.72. The van der Waals surface area contributed by atoms with Crippen molar-refractivity contribution in [2.24, 2.45) is 11.7 Å². The third-order valence-electron chi connectivity index (χ3n) is 7.17. The maximum atomic E-state index is 13.3. The number of hydrogen-bond acceptors (Lipinski definition) is 6. The summed E-state index contributed by atoms with van der Waals surface area (Å²) in [6.45, 7) is 0.652. The quantitative estimate of drug-likeness (QED) is 0.253. The molecule has 4 aromatic rings. The zero-order valence-corrected chi connectivity index (χ0v) is 22.5. The van der Waals surface area contributed by atoms with Crippen LogP contribution in [0.3, 0.4) is 0 Å². The van der Waals surface area contributed by atoms with E-state index in [1.807, 2.05) is 0 Å². The van der Waals surface area contributed by atoms with Crippen LogP contribution in [0.5, 0.6) is 0 Å². The van der Waals surface area contributed by atoms with Crippen LogP contribution < -0.4 is 11.1 Å². The van der Waals surface area contributed by atoms with Gasteiger partial charge in [-0.3, -0.25) is 0 Å². The molecule has 1 aliphatic heterocycles. The van der Waals surface area contributed by atoms with Crippen molar-refractivity contribution < 1.29 is 26.0 Å². The highest BCUT2D eigenvalue weighted by Crippen LogP contribution is 2.33. The molecule has 0 spiro atoms. The van der Waals surface area contributed by atoms with Gasteiger partial charge in [0.1, 0.15) is 5.82 Å². The highest BCUT2D eigenvalue weighted by molar-refractivity contribution is 7.89. The SMILES string of the molecule is N[C@H](c1ccc(F)cc1)C1CCN(S(=O)(=O)c2ccc(Nc3nccc(-c4ccc(C(F)(F)F)cc4)n3)cc2)CC1. The summed E-state index contributed by atoms with van der Waals surface area (Å²) in [5.74, 6) is -0.0447. The van der Waals surface area contributed by atoms with Crippen molar-refractivity contribution in [1.29, 1.82) is 0 Å². The number of halogens is 4. The Hall–Kier alpha value is -3.87. The summed E-state index contributed by atoms with van der Waals surface area (Å²) in [4.78, 5) is 8.66. The highest BCUT2D eigenvalue weighted by Gasteiger charge is 2.32. The maximum absolute atomic E-state index is 13.3. The van der Waals surface area contributed by atoms with E-state index in [1.54, 1.807) is 30.3 Å². The van der Waals surface area contributed by atoms with E-state index in [-0.39, 0.29) is 28.6 Å². The van der Waals surface area contributed by atoms with Crippen LogP contribution in [-0.4, -0.2) is 35.8 Å². The number of hydrogen-bond donors (Lipinski definition) is 2. The Morgan fingerprint density at radius 2 is 1.54 bits per heavy atom. The van der Waals surface area contributed by atoms with Gasteiger partial charge in [0.2, 0.25) is 16.0 Å². The molecule has 1 aromatic heterocycles. The number of aromatic nitrogens is 2. The first-order valence-electron chi connectivity index (χ1n) is 12.9. The number of sulfonamides is 1. The molecule has 0 amide bonds. The first-order valence-corrected chi connectivity index (χ1v) is 14.3. The summed E-state index contributed by atoms with van der Waals surface area (Å²) in [6, 6.07) is 18.2. The van der Waals surface area contributed by atoms with Crippen molar-refractivity contribution in [3.63, 3.8) is 0 Å². The van der Waals surface area contributed by atoms with E-state index in [0.717, 1.165) is 17.7 Å². The molecule has 2 heterocycles. The molecule has 214 valence electrons. The van der Waals surface area contributed by atoms with Crippen LogP contribution in [0.1, 0.15) is 30.0 Å². The molecule has 0 unspecified atom stereocenters. The minimum absolute atomic E-state index is 0.0804. The average Bonchev–Trinajstić information content (AvgIpc) is 2.97. The molecule has 0 bridgehead atoms. The van der Waals surface area contributed by atoms with E-state index in [9.17, 15) is 26.0 Å². The van der Waals surface area contributed by atoms with Crippen molar-refractivity contribution in [1.82, 2.24) is 14.3 Å². The van der Waals surface area contributed by atoms with Crippen LogP contribution in [0.25, 0.3) is 11.3 Å². The number of benzene rings is 3. The summed E-state index contributed by atoms with van der Waals surface area (Å²) >= 11 is 0. The molecule has 1 saturated heterocycles. The first-order chi connectivity index (χ1) is 19.5. The van der Waals surface area contributed by atoms with Crippen molar-refractivity contribution in [2.45, 2.75) is 30.0 Å². The van der Waals surface area contributed by atoms with E-state index < -0.39 is 21.8 Å². The normalized spacial score (nSPS) is 15.9. The molecule has 3 N–H and O–H groups in total. The smallest absolute Gasteiger partial charge is 0.324 e. The molecule has 7 nitrogen and oxygen atoms in total. The molecule has 41 heavy (non-hydrogen) atoms. The lowest BCUT2D eigenvalue weighted by Gasteiger charge is -2.34. The van der Waals surface area contributed by atoms with Crippen LogP contribution in [0.15, 0.2) is 90.0 Å². The van der Waals surface area contributed by atoms with Crippen LogP contribution in [0.2, 0.25) is 0 Å². The Balaban J connectivity index is 1.21. The molecular weight excluding hydrogens is 558 g/mol. The van der Waals surface area contributed by atoms with Gasteiger partial charge in [-0.25, -0.2) is 22.8 Å². The zero-order chi connectivity index (χ0) is 29.2. The third kappa shape index (κ3) is 6.55. The minimum atomic E-state index is -4.42. The molecule has 1 fully saturated rings. The van der Waals surface area contributed by atoms with E-state index in [2.05, 4.69) is 15.3 Å². The first kappa shape index (κ1) is 28.7. The van der Waals surface area contributed by atoms with Gasteiger partial charge in [-0.2, -0.15) is 17.5 Å². The monoisotopic (exact) mass is 585 g/mol. The number of nitrogens with two attached hydrogens (primary N) is 1. The maximum Gasteiger partial charge on any atom is 0.416 e. The van der Waals surface area contributed by atoms with Gasteiger partial charge in [0.25, 0.3) is 0 Å². The minimum Gasteiger partial charge on any atom is -0.324 e. The number of anilines is 2.